The Balaban J connectivity index is 1.60. The molecule has 5 nitrogen and oxygen atoms in total. The average molecular weight is 414 g/mol. The minimum Gasteiger partial charge on any atom is -0.340 e. The maximum absolute atomic E-state index is 13.0. The summed E-state index contributed by atoms with van der Waals surface area (Å²) in [6.45, 7) is 11.8. The van der Waals surface area contributed by atoms with Gasteiger partial charge in [0.2, 0.25) is 11.8 Å². The molecule has 1 aromatic rings. The first-order valence-electron chi connectivity index (χ1n) is 11.8. The van der Waals surface area contributed by atoms with Gasteiger partial charge in [-0.1, -0.05) is 38.1 Å². The van der Waals surface area contributed by atoms with Gasteiger partial charge in [-0.25, -0.2) is 0 Å². The van der Waals surface area contributed by atoms with Gasteiger partial charge in [0.05, 0.1) is 6.42 Å². The molecule has 0 aliphatic carbocycles. The van der Waals surface area contributed by atoms with Crippen molar-refractivity contribution in [3.63, 3.8) is 0 Å². The standard InChI is InChI=1S/C25H39N3O2/c1-20(2)25(30)28(17-9-15-26-13-6-7-14-26)23-12-8-16-27(19-23)24(29)18-22-11-5-4-10-21(22)3/h4-5,10-11,20,23H,6-9,12-19H2,1-3H3. The van der Waals surface area contributed by atoms with Crippen molar-refractivity contribution >= 4 is 11.8 Å². The Morgan fingerprint density at radius 2 is 1.83 bits per heavy atom. The molecule has 30 heavy (non-hydrogen) atoms. The minimum atomic E-state index is -0.00478. The number of hydrogen-bond acceptors (Lipinski definition) is 3. The molecule has 1 aromatic carbocycles. The van der Waals surface area contributed by atoms with Crippen LogP contribution < -0.4 is 0 Å². The molecule has 2 fully saturated rings. The Morgan fingerprint density at radius 3 is 2.53 bits per heavy atom. The Morgan fingerprint density at radius 1 is 1.10 bits per heavy atom. The van der Waals surface area contributed by atoms with Crippen molar-refractivity contribution in [2.24, 2.45) is 5.92 Å². The second-order valence-electron chi connectivity index (χ2n) is 9.33. The van der Waals surface area contributed by atoms with Gasteiger partial charge in [-0.3, -0.25) is 9.59 Å². The molecule has 2 heterocycles. The van der Waals surface area contributed by atoms with Crippen LogP contribution in [0.4, 0.5) is 0 Å². The predicted molar refractivity (Wildman–Crippen MR) is 121 cm³/mol. The summed E-state index contributed by atoms with van der Waals surface area (Å²) in [5, 5.41) is 0. The molecule has 0 aromatic heterocycles. The number of amides is 2. The lowest BCUT2D eigenvalue weighted by molar-refractivity contribution is -0.141. The predicted octanol–water partition coefficient (Wildman–Crippen LogP) is 3.50. The van der Waals surface area contributed by atoms with Crippen LogP contribution in [0.2, 0.25) is 0 Å². The summed E-state index contributed by atoms with van der Waals surface area (Å²) in [6, 6.07) is 8.26. The fourth-order valence-corrected chi connectivity index (χ4v) is 4.79. The van der Waals surface area contributed by atoms with Crippen LogP contribution >= 0.6 is 0 Å². The molecule has 0 bridgehead atoms. The highest BCUT2D eigenvalue weighted by atomic mass is 16.2. The van der Waals surface area contributed by atoms with Gasteiger partial charge in [0, 0.05) is 31.6 Å². The summed E-state index contributed by atoms with van der Waals surface area (Å²) < 4.78 is 0. The molecule has 1 atom stereocenters. The zero-order valence-electron chi connectivity index (χ0n) is 19.1. The largest absolute Gasteiger partial charge is 0.340 e. The Hall–Kier alpha value is -1.88. The molecule has 0 saturated carbocycles. The summed E-state index contributed by atoms with van der Waals surface area (Å²) in [5.41, 5.74) is 2.27. The fourth-order valence-electron chi connectivity index (χ4n) is 4.79. The number of likely N-dealkylation sites (tertiary alicyclic amines) is 2. The van der Waals surface area contributed by atoms with Gasteiger partial charge in [-0.05, 0) is 69.8 Å². The Bertz CT molecular complexity index is 712. The van der Waals surface area contributed by atoms with Gasteiger partial charge in [-0.15, -0.1) is 0 Å². The Kier molecular flexibility index (Phi) is 8.32. The third-order valence-corrected chi connectivity index (χ3v) is 6.64. The van der Waals surface area contributed by atoms with Crippen molar-refractivity contribution in [3.05, 3.63) is 35.4 Å². The van der Waals surface area contributed by atoms with Crippen molar-refractivity contribution in [2.45, 2.75) is 65.3 Å². The normalized spacial score (nSPS) is 20.0. The second-order valence-corrected chi connectivity index (χ2v) is 9.33. The highest BCUT2D eigenvalue weighted by molar-refractivity contribution is 5.80. The molecule has 1 unspecified atom stereocenters. The van der Waals surface area contributed by atoms with Crippen molar-refractivity contribution in [1.82, 2.24) is 14.7 Å². The van der Waals surface area contributed by atoms with E-state index in [-0.39, 0.29) is 23.8 Å². The van der Waals surface area contributed by atoms with Crippen molar-refractivity contribution in [2.75, 3.05) is 39.3 Å². The topological polar surface area (TPSA) is 43.9 Å². The molecule has 2 aliphatic rings. The van der Waals surface area contributed by atoms with Crippen LogP contribution in [-0.2, 0) is 16.0 Å². The summed E-state index contributed by atoms with van der Waals surface area (Å²) in [6.07, 6.45) is 6.04. The summed E-state index contributed by atoms with van der Waals surface area (Å²) in [4.78, 5) is 32.6. The van der Waals surface area contributed by atoms with Gasteiger partial charge in [0.1, 0.15) is 0 Å². The van der Waals surface area contributed by atoms with E-state index in [1.807, 2.05) is 36.9 Å². The van der Waals surface area contributed by atoms with Crippen LogP contribution in [0, 0.1) is 12.8 Å². The van der Waals surface area contributed by atoms with Crippen molar-refractivity contribution < 1.29 is 9.59 Å². The lowest BCUT2D eigenvalue weighted by atomic mass is 10.00. The third kappa shape index (κ3) is 6.07. The highest BCUT2D eigenvalue weighted by Gasteiger charge is 2.31. The number of hydrogen-bond donors (Lipinski definition) is 0. The average Bonchev–Trinajstić information content (AvgIpc) is 3.26. The second kappa shape index (κ2) is 10.9. The monoisotopic (exact) mass is 413 g/mol. The molecular weight excluding hydrogens is 374 g/mol. The molecule has 2 saturated heterocycles. The molecule has 0 radical (unpaired) electrons. The zero-order valence-corrected chi connectivity index (χ0v) is 19.1. The molecule has 2 amide bonds. The van der Waals surface area contributed by atoms with Crippen LogP contribution in [0.15, 0.2) is 24.3 Å². The van der Waals surface area contributed by atoms with Crippen LogP contribution in [0.3, 0.4) is 0 Å². The summed E-state index contributed by atoms with van der Waals surface area (Å²) in [5.74, 6) is 0.410. The zero-order chi connectivity index (χ0) is 21.5. The molecule has 166 valence electrons. The number of aryl methyl sites for hydroxylation is 1. The van der Waals surface area contributed by atoms with E-state index in [2.05, 4.69) is 22.8 Å². The van der Waals surface area contributed by atoms with Crippen molar-refractivity contribution in [1.29, 1.82) is 0 Å². The lowest BCUT2D eigenvalue weighted by Crippen LogP contribution is -2.53. The van der Waals surface area contributed by atoms with Gasteiger partial charge < -0.3 is 14.7 Å². The maximum Gasteiger partial charge on any atom is 0.227 e. The van der Waals surface area contributed by atoms with E-state index in [4.69, 9.17) is 0 Å². The van der Waals surface area contributed by atoms with Crippen LogP contribution in [-0.4, -0.2) is 71.8 Å². The Labute approximate surface area is 182 Å². The first-order chi connectivity index (χ1) is 14.5. The van der Waals surface area contributed by atoms with Crippen LogP contribution in [0.5, 0.6) is 0 Å². The number of carbonyl (C=O) groups is 2. The molecule has 3 rings (SSSR count). The minimum absolute atomic E-state index is 0.00478. The summed E-state index contributed by atoms with van der Waals surface area (Å²) in [7, 11) is 0. The molecule has 5 heteroatoms. The van der Waals surface area contributed by atoms with Gasteiger partial charge in [-0.2, -0.15) is 0 Å². The number of carbonyl (C=O) groups excluding carboxylic acids is 2. The number of benzene rings is 1. The summed E-state index contributed by atoms with van der Waals surface area (Å²) >= 11 is 0. The lowest BCUT2D eigenvalue weighted by Gasteiger charge is -2.40. The van der Waals surface area contributed by atoms with E-state index < -0.39 is 0 Å². The van der Waals surface area contributed by atoms with Gasteiger partial charge in [0.25, 0.3) is 0 Å². The molecule has 0 spiro atoms. The third-order valence-electron chi connectivity index (χ3n) is 6.64. The smallest absolute Gasteiger partial charge is 0.227 e. The van der Waals surface area contributed by atoms with Crippen molar-refractivity contribution in [3.8, 4) is 0 Å². The van der Waals surface area contributed by atoms with E-state index in [1.54, 1.807) is 0 Å². The quantitative estimate of drug-likeness (QED) is 0.655. The SMILES string of the molecule is Cc1ccccc1CC(=O)N1CCCC(N(CCCN2CCCC2)C(=O)C(C)C)C1. The van der Waals surface area contributed by atoms with Gasteiger partial charge >= 0.3 is 0 Å². The first-order valence-corrected chi connectivity index (χ1v) is 11.8. The van der Waals surface area contributed by atoms with E-state index in [0.717, 1.165) is 50.0 Å². The van der Waals surface area contributed by atoms with Crippen LogP contribution in [0.1, 0.15) is 57.1 Å². The molecule has 2 aliphatic heterocycles. The number of piperidine rings is 1. The van der Waals surface area contributed by atoms with E-state index in [1.165, 1.54) is 25.9 Å². The highest BCUT2D eigenvalue weighted by Crippen LogP contribution is 2.20. The maximum atomic E-state index is 13.0. The van der Waals surface area contributed by atoms with E-state index in [0.29, 0.717) is 13.0 Å². The molecular formula is C25H39N3O2. The van der Waals surface area contributed by atoms with E-state index in [9.17, 15) is 9.59 Å². The molecule has 0 N–H and O–H groups in total. The first kappa shape index (κ1) is 22.8. The van der Waals surface area contributed by atoms with Crippen LogP contribution in [0.25, 0.3) is 0 Å². The number of rotatable bonds is 8. The van der Waals surface area contributed by atoms with E-state index >= 15 is 0 Å². The van der Waals surface area contributed by atoms with Gasteiger partial charge in [0.15, 0.2) is 0 Å². The number of nitrogens with zero attached hydrogens (tertiary/aromatic N) is 3. The fraction of sp³-hybridized carbons (Fsp3) is 0.680.